The first kappa shape index (κ1) is 18.5. The van der Waals surface area contributed by atoms with Crippen LogP contribution in [0.5, 0.6) is 0 Å². The molecule has 0 spiro atoms. The second-order valence-electron chi connectivity index (χ2n) is 6.82. The number of para-hydroxylation sites is 1. The Kier molecular flexibility index (Phi) is 6.72. The minimum Gasteiger partial charge on any atom is -0.324 e. The van der Waals surface area contributed by atoms with Crippen molar-refractivity contribution in [1.82, 2.24) is 9.88 Å². The van der Waals surface area contributed by atoms with Crippen molar-refractivity contribution in [3.8, 4) is 0 Å². The monoisotopic (exact) mass is 355 g/mol. The summed E-state index contributed by atoms with van der Waals surface area (Å²) in [6, 6.07) is 12.8. The molecule has 1 aromatic heterocycles. The van der Waals surface area contributed by atoms with E-state index in [4.69, 9.17) is 0 Å². The van der Waals surface area contributed by atoms with E-state index in [9.17, 15) is 9.18 Å². The van der Waals surface area contributed by atoms with E-state index in [-0.39, 0.29) is 11.6 Å². The van der Waals surface area contributed by atoms with Gasteiger partial charge in [-0.2, -0.15) is 0 Å². The number of carbonyl (C=O) groups excluding carboxylic acids is 1. The lowest BCUT2D eigenvalue weighted by Crippen LogP contribution is -2.41. The van der Waals surface area contributed by atoms with Crippen LogP contribution in [0.1, 0.15) is 37.8 Å². The van der Waals surface area contributed by atoms with Crippen molar-refractivity contribution >= 4 is 11.6 Å². The van der Waals surface area contributed by atoms with Crippen molar-refractivity contribution in [2.45, 2.75) is 44.6 Å². The van der Waals surface area contributed by atoms with E-state index in [2.05, 4.69) is 21.3 Å². The predicted octanol–water partition coefficient (Wildman–Crippen LogP) is 4.04. The summed E-state index contributed by atoms with van der Waals surface area (Å²) in [6.07, 6.45) is 7.83. The fourth-order valence-electron chi connectivity index (χ4n) is 3.56. The fraction of sp³-hybridized carbons (Fsp3) is 0.429. The molecule has 1 saturated heterocycles. The second-order valence-corrected chi connectivity index (χ2v) is 6.82. The van der Waals surface area contributed by atoms with Gasteiger partial charge in [-0.15, -0.1) is 0 Å². The molecule has 2 heterocycles. The van der Waals surface area contributed by atoms with Crippen molar-refractivity contribution in [1.29, 1.82) is 0 Å². The lowest BCUT2D eigenvalue weighted by Gasteiger charge is -2.35. The molecule has 1 N–H and O–H groups in total. The smallest absolute Gasteiger partial charge is 0.225 e. The van der Waals surface area contributed by atoms with Gasteiger partial charge in [-0.3, -0.25) is 14.7 Å². The zero-order chi connectivity index (χ0) is 18.2. The molecule has 0 bridgehead atoms. The van der Waals surface area contributed by atoms with Gasteiger partial charge in [0.25, 0.3) is 0 Å². The Bertz CT molecular complexity index is 707. The van der Waals surface area contributed by atoms with E-state index in [0.717, 1.165) is 25.1 Å². The maximum atomic E-state index is 13.6. The molecule has 1 aliphatic heterocycles. The number of rotatable bonds is 7. The van der Waals surface area contributed by atoms with E-state index in [1.54, 1.807) is 18.2 Å². The van der Waals surface area contributed by atoms with Crippen LogP contribution >= 0.6 is 0 Å². The lowest BCUT2D eigenvalue weighted by molar-refractivity contribution is -0.116. The number of nitrogens with zero attached hydrogens (tertiary/aromatic N) is 2. The van der Waals surface area contributed by atoms with E-state index >= 15 is 0 Å². The van der Waals surface area contributed by atoms with Gasteiger partial charge in [0, 0.05) is 30.9 Å². The first-order valence-corrected chi connectivity index (χ1v) is 9.41. The molecule has 0 saturated carbocycles. The number of benzene rings is 1. The number of hydrogen-bond donors (Lipinski definition) is 1. The topological polar surface area (TPSA) is 45.2 Å². The zero-order valence-electron chi connectivity index (χ0n) is 15.0. The van der Waals surface area contributed by atoms with Gasteiger partial charge < -0.3 is 5.32 Å². The van der Waals surface area contributed by atoms with Crippen molar-refractivity contribution in [2.24, 2.45) is 0 Å². The van der Waals surface area contributed by atoms with E-state index in [1.807, 2.05) is 18.3 Å². The average molecular weight is 355 g/mol. The molecule has 26 heavy (non-hydrogen) atoms. The minimum absolute atomic E-state index is 0.135. The third-order valence-electron chi connectivity index (χ3n) is 4.98. The highest BCUT2D eigenvalue weighted by atomic mass is 19.1. The molecule has 1 atom stereocenters. The number of amides is 1. The molecule has 0 radical (unpaired) electrons. The summed E-state index contributed by atoms with van der Waals surface area (Å²) in [7, 11) is 0. The number of halogens is 1. The van der Waals surface area contributed by atoms with Gasteiger partial charge >= 0.3 is 0 Å². The second kappa shape index (κ2) is 9.43. The minimum atomic E-state index is -0.396. The van der Waals surface area contributed by atoms with E-state index in [0.29, 0.717) is 19.0 Å². The largest absolute Gasteiger partial charge is 0.324 e. The predicted molar refractivity (Wildman–Crippen MR) is 101 cm³/mol. The van der Waals surface area contributed by atoms with Crippen LogP contribution in [0.25, 0.3) is 0 Å². The molecule has 2 aromatic rings. The number of hydrogen-bond acceptors (Lipinski definition) is 3. The number of piperidine rings is 1. The van der Waals surface area contributed by atoms with E-state index in [1.165, 1.54) is 25.3 Å². The number of carbonyl (C=O) groups is 1. The summed E-state index contributed by atoms with van der Waals surface area (Å²) >= 11 is 0. The Morgan fingerprint density at radius 1 is 1.19 bits per heavy atom. The summed E-state index contributed by atoms with van der Waals surface area (Å²) in [4.78, 5) is 19.0. The van der Waals surface area contributed by atoms with Crippen molar-refractivity contribution < 1.29 is 9.18 Å². The highest BCUT2D eigenvalue weighted by Gasteiger charge is 2.22. The molecule has 1 aliphatic rings. The van der Waals surface area contributed by atoms with Crippen molar-refractivity contribution in [3.63, 3.8) is 0 Å². The highest BCUT2D eigenvalue weighted by Crippen LogP contribution is 2.21. The van der Waals surface area contributed by atoms with Gasteiger partial charge in [0.1, 0.15) is 5.82 Å². The Morgan fingerprint density at radius 3 is 2.85 bits per heavy atom. The first-order valence-electron chi connectivity index (χ1n) is 9.41. The lowest BCUT2D eigenvalue weighted by atomic mass is 9.97. The van der Waals surface area contributed by atoms with Crippen LogP contribution in [0.4, 0.5) is 10.1 Å². The summed E-state index contributed by atoms with van der Waals surface area (Å²) in [5, 5.41) is 2.67. The maximum absolute atomic E-state index is 13.6. The van der Waals surface area contributed by atoms with Crippen LogP contribution in [0.2, 0.25) is 0 Å². The average Bonchev–Trinajstić information content (AvgIpc) is 2.68. The maximum Gasteiger partial charge on any atom is 0.225 e. The Balaban J connectivity index is 1.48. The van der Waals surface area contributed by atoms with Crippen LogP contribution in [-0.2, 0) is 11.2 Å². The third-order valence-corrected chi connectivity index (χ3v) is 4.98. The standard InChI is InChI=1S/C21H26FN3O/c22-19-9-1-2-10-20(19)24-21(26)13-16-25-15-6-4-8-18(25)12-11-17-7-3-5-14-23-17/h1-3,5,7,9-10,14,18H,4,6,8,11-13,15-16H2,(H,24,26)/t18-/m0/s1. The number of likely N-dealkylation sites (tertiary alicyclic amines) is 1. The molecule has 1 fully saturated rings. The zero-order valence-corrected chi connectivity index (χ0v) is 15.0. The summed E-state index contributed by atoms with van der Waals surface area (Å²) in [5.74, 6) is -0.531. The molecule has 1 amide bonds. The number of aryl methyl sites for hydroxylation is 1. The third kappa shape index (κ3) is 5.36. The molecule has 0 aliphatic carbocycles. The number of nitrogens with one attached hydrogen (secondary N) is 1. The van der Waals surface area contributed by atoms with Crippen LogP contribution in [0.15, 0.2) is 48.7 Å². The molecule has 1 aromatic carbocycles. The summed E-state index contributed by atoms with van der Waals surface area (Å²) < 4.78 is 13.6. The van der Waals surface area contributed by atoms with Crippen LogP contribution in [-0.4, -0.2) is 34.9 Å². The number of anilines is 1. The fourth-order valence-corrected chi connectivity index (χ4v) is 3.56. The normalized spacial score (nSPS) is 17.8. The number of aromatic nitrogens is 1. The highest BCUT2D eigenvalue weighted by molar-refractivity contribution is 5.90. The summed E-state index contributed by atoms with van der Waals surface area (Å²) in [6.45, 7) is 1.74. The van der Waals surface area contributed by atoms with Crippen molar-refractivity contribution in [2.75, 3.05) is 18.4 Å². The van der Waals surface area contributed by atoms with Crippen LogP contribution < -0.4 is 5.32 Å². The SMILES string of the molecule is O=C(CCN1CCCC[C@H]1CCc1ccccn1)Nc1ccccc1F. The molecule has 5 heteroatoms. The van der Waals surface area contributed by atoms with Gasteiger partial charge in [-0.1, -0.05) is 24.6 Å². The Morgan fingerprint density at radius 2 is 2.04 bits per heavy atom. The quantitative estimate of drug-likeness (QED) is 0.815. The molecule has 3 rings (SSSR count). The van der Waals surface area contributed by atoms with Gasteiger partial charge in [-0.25, -0.2) is 4.39 Å². The molecular formula is C21H26FN3O. The van der Waals surface area contributed by atoms with E-state index < -0.39 is 5.82 Å². The Hall–Kier alpha value is -2.27. The van der Waals surface area contributed by atoms with Gasteiger partial charge in [0.05, 0.1) is 5.69 Å². The van der Waals surface area contributed by atoms with Crippen molar-refractivity contribution in [3.05, 3.63) is 60.2 Å². The molecule has 0 unspecified atom stereocenters. The number of pyridine rings is 1. The molecular weight excluding hydrogens is 329 g/mol. The molecule has 138 valence electrons. The van der Waals surface area contributed by atoms with Gasteiger partial charge in [0.15, 0.2) is 0 Å². The Labute approximate surface area is 154 Å². The van der Waals surface area contributed by atoms with Crippen LogP contribution in [0.3, 0.4) is 0 Å². The summed E-state index contributed by atoms with van der Waals surface area (Å²) in [5.41, 5.74) is 1.37. The first-order chi connectivity index (χ1) is 12.7. The van der Waals surface area contributed by atoms with Gasteiger partial charge in [-0.05, 0) is 56.5 Å². The van der Waals surface area contributed by atoms with Gasteiger partial charge in [0.2, 0.25) is 5.91 Å². The molecule has 4 nitrogen and oxygen atoms in total. The van der Waals surface area contributed by atoms with Crippen LogP contribution in [0, 0.1) is 5.82 Å².